The second-order valence-corrected chi connectivity index (χ2v) is 4.00. The largest absolute Gasteiger partial charge is 0.370 e. The zero-order chi connectivity index (χ0) is 13.0. The highest BCUT2D eigenvalue weighted by Crippen LogP contribution is 2.09. The third-order valence-corrected chi connectivity index (χ3v) is 2.59. The average Bonchev–Trinajstić information content (AvgIpc) is 2.38. The van der Waals surface area contributed by atoms with E-state index < -0.39 is 0 Å². The van der Waals surface area contributed by atoms with Crippen LogP contribution >= 0.6 is 0 Å². The zero-order valence-corrected chi connectivity index (χ0v) is 10.2. The van der Waals surface area contributed by atoms with Crippen LogP contribution in [0.3, 0.4) is 0 Å². The molecular formula is C12H16N6. The molecular weight excluding hydrogens is 228 g/mol. The summed E-state index contributed by atoms with van der Waals surface area (Å²) in [5.74, 6) is 0.869. The zero-order valence-electron chi connectivity index (χ0n) is 10.2. The van der Waals surface area contributed by atoms with Gasteiger partial charge in [0.05, 0.1) is 6.34 Å². The summed E-state index contributed by atoms with van der Waals surface area (Å²) in [6.45, 7) is 0. The Morgan fingerprint density at radius 1 is 1.39 bits per heavy atom. The molecule has 1 aliphatic rings. The van der Waals surface area contributed by atoms with Gasteiger partial charge in [-0.3, -0.25) is 10.7 Å². The summed E-state index contributed by atoms with van der Waals surface area (Å²) in [4.78, 5) is 10.2. The van der Waals surface area contributed by atoms with E-state index in [0.717, 1.165) is 5.56 Å². The monoisotopic (exact) mass is 244 g/mol. The number of guanidine groups is 2. The molecule has 0 saturated heterocycles. The first-order valence-electron chi connectivity index (χ1n) is 5.64. The fourth-order valence-electron chi connectivity index (χ4n) is 1.67. The lowest BCUT2D eigenvalue weighted by Gasteiger charge is -2.23. The second-order valence-electron chi connectivity index (χ2n) is 4.00. The van der Waals surface area contributed by atoms with Crippen LogP contribution in [0.25, 0.3) is 0 Å². The molecule has 6 nitrogen and oxygen atoms in total. The minimum atomic E-state index is -0.244. The van der Waals surface area contributed by atoms with E-state index in [0.29, 0.717) is 18.3 Å². The minimum absolute atomic E-state index is 0.244. The van der Waals surface area contributed by atoms with Gasteiger partial charge in [-0.2, -0.15) is 0 Å². The number of nitrogens with two attached hydrogens (primary N) is 1. The van der Waals surface area contributed by atoms with E-state index in [1.54, 1.807) is 11.9 Å². The van der Waals surface area contributed by atoms with Crippen LogP contribution in [0.4, 0.5) is 0 Å². The molecule has 0 saturated carbocycles. The van der Waals surface area contributed by atoms with E-state index in [1.165, 1.54) is 6.34 Å². The Morgan fingerprint density at radius 3 is 2.78 bits per heavy atom. The summed E-state index contributed by atoms with van der Waals surface area (Å²) in [6, 6.07) is 10.0. The number of nitrogens with zero attached hydrogens (tertiary/aromatic N) is 3. The van der Waals surface area contributed by atoms with Gasteiger partial charge in [0.2, 0.25) is 5.96 Å². The summed E-state index contributed by atoms with van der Waals surface area (Å²) in [5.41, 5.74) is 6.87. The molecule has 1 unspecified atom stereocenters. The molecule has 0 radical (unpaired) electrons. The van der Waals surface area contributed by atoms with Crippen LogP contribution in [0.5, 0.6) is 0 Å². The maximum absolute atomic E-state index is 7.20. The smallest absolute Gasteiger partial charge is 0.207 e. The van der Waals surface area contributed by atoms with Gasteiger partial charge in [0.1, 0.15) is 0 Å². The molecule has 0 bridgehead atoms. The SMILES string of the molecule is CN(C=N)C1=NC(Cc2ccccc2)N=C(N)N1. The van der Waals surface area contributed by atoms with Gasteiger partial charge in [0.25, 0.3) is 0 Å². The van der Waals surface area contributed by atoms with E-state index in [1.807, 2.05) is 30.3 Å². The minimum Gasteiger partial charge on any atom is -0.370 e. The number of benzene rings is 1. The Hall–Kier alpha value is -2.37. The summed E-state index contributed by atoms with van der Waals surface area (Å²) < 4.78 is 0. The van der Waals surface area contributed by atoms with Crippen LogP contribution in [0.2, 0.25) is 0 Å². The van der Waals surface area contributed by atoms with Gasteiger partial charge in [0, 0.05) is 13.5 Å². The lowest BCUT2D eigenvalue weighted by atomic mass is 10.1. The van der Waals surface area contributed by atoms with Crippen molar-refractivity contribution in [2.75, 3.05) is 7.05 Å². The van der Waals surface area contributed by atoms with E-state index in [-0.39, 0.29) is 6.17 Å². The maximum atomic E-state index is 7.20. The lowest BCUT2D eigenvalue weighted by molar-refractivity contribution is 0.643. The first kappa shape index (κ1) is 12.1. The Bertz CT molecular complexity index is 479. The van der Waals surface area contributed by atoms with Gasteiger partial charge >= 0.3 is 0 Å². The molecule has 1 atom stereocenters. The first-order chi connectivity index (χ1) is 8.69. The molecule has 1 aromatic rings. The van der Waals surface area contributed by atoms with Crippen molar-refractivity contribution in [1.29, 1.82) is 5.41 Å². The molecule has 4 N–H and O–H groups in total. The fraction of sp³-hybridized carbons (Fsp3) is 0.250. The highest BCUT2D eigenvalue weighted by Gasteiger charge is 2.17. The van der Waals surface area contributed by atoms with Crippen molar-refractivity contribution < 1.29 is 0 Å². The van der Waals surface area contributed by atoms with Gasteiger partial charge in [-0.05, 0) is 5.56 Å². The molecule has 2 rings (SSSR count). The van der Waals surface area contributed by atoms with Gasteiger partial charge in [-0.25, -0.2) is 9.98 Å². The van der Waals surface area contributed by atoms with E-state index in [9.17, 15) is 0 Å². The number of nitrogens with one attached hydrogen (secondary N) is 2. The van der Waals surface area contributed by atoms with E-state index in [4.69, 9.17) is 11.1 Å². The van der Waals surface area contributed by atoms with Crippen molar-refractivity contribution in [3.05, 3.63) is 35.9 Å². The molecule has 1 aromatic carbocycles. The Morgan fingerprint density at radius 2 is 2.11 bits per heavy atom. The van der Waals surface area contributed by atoms with Gasteiger partial charge < -0.3 is 10.6 Å². The van der Waals surface area contributed by atoms with Gasteiger partial charge in [-0.1, -0.05) is 30.3 Å². The molecule has 6 heteroatoms. The predicted octanol–water partition coefficient (Wildman–Crippen LogP) is 0.368. The molecule has 1 heterocycles. The van der Waals surface area contributed by atoms with Crippen molar-refractivity contribution in [2.24, 2.45) is 15.7 Å². The van der Waals surface area contributed by atoms with Crippen LogP contribution in [0, 0.1) is 5.41 Å². The predicted molar refractivity (Wildman–Crippen MR) is 72.7 cm³/mol. The Kier molecular flexibility index (Phi) is 3.57. The van der Waals surface area contributed by atoms with E-state index >= 15 is 0 Å². The summed E-state index contributed by atoms with van der Waals surface area (Å²) in [5, 5.41) is 10.0. The van der Waals surface area contributed by atoms with Gasteiger partial charge in [0.15, 0.2) is 12.1 Å². The molecule has 94 valence electrons. The molecule has 0 amide bonds. The first-order valence-corrected chi connectivity index (χ1v) is 5.64. The molecule has 18 heavy (non-hydrogen) atoms. The third kappa shape index (κ3) is 2.85. The standard InChI is InChI=1S/C12H16N6/c1-18(8-13)12-16-10(15-11(14)17-12)7-9-5-3-2-4-6-9/h2-6,8,10,13H,7H2,1H3,(H3,14,15,16,17). The van der Waals surface area contributed by atoms with Crippen molar-refractivity contribution in [3.8, 4) is 0 Å². The van der Waals surface area contributed by atoms with Crippen molar-refractivity contribution in [3.63, 3.8) is 0 Å². The van der Waals surface area contributed by atoms with Crippen LogP contribution in [-0.4, -0.2) is 36.4 Å². The number of hydrogen-bond donors (Lipinski definition) is 3. The average molecular weight is 244 g/mol. The van der Waals surface area contributed by atoms with Gasteiger partial charge in [-0.15, -0.1) is 0 Å². The number of aliphatic imine (C=N–C) groups is 2. The van der Waals surface area contributed by atoms with Crippen LogP contribution in [0.15, 0.2) is 40.3 Å². The Balaban J connectivity index is 2.14. The lowest BCUT2D eigenvalue weighted by Crippen LogP contribution is -2.48. The summed E-state index contributed by atoms with van der Waals surface area (Å²) >= 11 is 0. The van der Waals surface area contributed by atoms with Crippen LogP contribution in [0.1, 0.15) is 5.56 Å². The summed E-state index contributed by atoms with van der Waals surface area (Å²) in [6.07, 6.45) is 1.62. The summed E-state index contributed by atoms with van der Waals surface area (Å²) in [7, 11) is 1.73. The second kappa shape index (κ2) is 5.31. The molecule has 0 fully saturated rings. The van der Waals surface area contributed by atoms with Crippen molar-refractivity contribution in [2.45, 2.75) is 12.6 Å². The molecule has 0 aromatic heterocycles. The normalized spacial score (nSPS) is 18.4. The van der Waals surface area contributed by atoms with Crippen LogP contribution in [-0.2, 0) is 6.42 Å². The molecule has 1 aliphatic heterocycles. The van der Waals surface area contributed by atoms with Crippen LogP contribution < -0.4 is 11.1 Å². The van der Waals surface area contributed by atoms with Crippen molar-refractivity contribution in [1.82, 2.24) is 10.2 Å². The number of hydrogen-bond acceptors (Lipinski definition) is 5. The maximum Gasteiger partial charge on any atom is 0.207 e. The highest BCUT2D eigenvalue weighted by molar-refractivity contribution is 6.02. The quantitative estimate of drug-likeness (QED) is 0.530. The van der Waals surface area contributed by atoms with E-state index in [2.05, 4.69) is 15.3 Å². The fourth-order valence-corrected chi connectivity index (χ4v) is 1.67. The highest BCUT2D eigenvalue weighted by atomic mass is 15.4. The van der Waals surface area contributed by atoms with Crippen molar-refractivity contribution >= 4 is 18.3 Å². The number of rotatable bonds is 3. The molecule has 0 aliphatic carbocycles. The topological polar surface area (TPSA) is 89.9 Å². The molecule has 0 spiro atoms. The Labute approximate surface area is 106 Å². The third-order valence-electron chi connectivity index (χ3n) is 2.59.